The maximum atomic E-state index is 12.4. The molecule has 0 unspecified atom stereocenters. The van der Waals surface area contributed by atoms with Crippen molar-refractivity contribution in [2.24, 2.45) is 0 Å². The lowest BCUT2D eigenvalue weighted by molar-refractivity contribution is -0.118. The fraction of sp³-hybridized carbons (Fsp3) is 0.474. The first-order valence-electron chi connectivity index (χ1n) is 9.04. The lowest BCUT2D eigenvalue weighted by atomic mass is 10.1. The molecule has 1 fully saturated rings. The first-order valence-corrected chi connectivity index (χ1v) is 9.42. The number of piperidine rings is 1. The quantitative estimate of drug-likeness (QED) is 0.807. The van der Waals surface area contributed by atoms with Crippen molar-refractivity contribution >= 4 is 23.3 Å². The Morgan fingerprint density at radius 1 is 1.31 bits per heavy atom. The molecular weight excluding hydrogens is 352 g/mol. The summed E-state index contributed by atoms with van der Waals surface area (Å²) in [5, 5.41) is 7.95. The summed E-state index contributed by atoms with van der Waals surface area (Å²) < 4.78 is 7.40. The van der Waals surface area contributed by atoms with Crippen LogP contribution in [0.2, 0.25) is 5.02 Å². The van der Waals surface area contributed by atoms with Gasteiger partial charge in [0.05, 0.1) is 25.4 Å². The van der Waals surface area contributed by atoms with Gasteiger partial charge in [0.2, 0.25) is 5.91 Å². The minimum atomic E-state index is -0.0271. The number of nitrogens with zero attached hydrogens (tertiary/aromatic N) is 3. The lowest BCUT2D eigenvalue weighted by Crippen LogP contribution is -2.41. The molecule has 26 heavy (non-hydrogen) atoms. The SMILES string of the molecule is CCOC1CCN(CC(=O)Nc2ccnn2Cc2ccccc2Cl)CC1. The van der Waals surface area contributed by atoms with E-state index >= 15 is 0 Å². The zero-order valence-electron chi connectivity index (χ0n) is 15.0. The van der Waals surface area contributed by atoms with Crippen LogP contribution in [-0.2, 0) is 16.1 Å². The third-order valence-corrected chi connectivity index (χ3v) is 4.93. The van der Waals surface area contributed by atoms with Crippen LogP contribution in [0.4, 0.5) is 5.82 Å². The van der Waals surface area contributed by atoms with Gasteiger partial charge in [0, 0.05) is 30.8 Å². The molecule has 1 aromatic heterocycles. The number of carbonyl (C=O) groups is 1. The van der Waals surface area contributed by atoms with Gasteiger partial charge in [-0.3, -0.25) is 9.69 Å². The average molecular weight is 377 g/mol. The number of rotatable bonds is 7. The van der Waals surface area contributed by atoms with Crippen LogP contribution in [0, 0.1) is 0 Å². The van der Waals surface area contributed by atoms with Gasteiger partial charge in [-0.05, 0) is 31.4 Å². The second-order valence-corrected chi connectivity index (χ2v) is 6.85. The number of amides is 1. The fourth-order valence-electron chi connectivity index (χ4n) is 3.21. The molecule has 0 saturated carbocycles. The maximum absolute atomic E-state index is 12.4. The summed E-state index contributed by atoms with van der Waals surface area (Å²) in [6.45, 7) is 5.44. The van der Waals surface area contributed by atoms with Gasteiger partial charge in [-0.25, -0.2) is 4.68 Å². The first-order chi connectivity index (χ1) is 12.7. The molecule has 1 N–H and O–H groups in total. The number of likely N-dealkylation sites (tertiary alicyclic amines) is 1. The van der Waals surface area contributed by atoms with Crippen molar-refractivity contribution in [3.05, 3.63) is 47.1 Å². The summed E-state index contributed by atoms with van der Waals surface area (Å²) in [6, 6.07) is 9.44. The molecule has 3 rings (SSSR count). The van der Waals surface area contributed by atoms with E-state index in [0.717, 1.165) is 38.1 Å². The third kappa shape index (κ3) is 5.06. The Morgan fingerprint density at radius 2 is 2.08 bits per heavy atom. The van der Waals surface area contributed by atoms with Crippen LogP contribution >= 0.6 is 11.6 Å². The van der Waals surface area contributed by atoms with Gasteiger partial charge in [0.25, 0.3) is 0 Å². The van der Waals surface area contributed by atoms with Crippen molar-refractivity contribution in [1.29, 1.82) is 0 Å². The van der Waals surface area contributed by atoms with Crippen LogP contribution in [0.3, 0.4) is 0 Å². The number of carbonyl (C=O) groups excluding carboxylic acids is 1. The Bertz CT molecular complexity index is 726. The largest absolute Gasteiger partial charge is 0.378 e. The predicted octanol–water partition coefficient (Wildman–Crippen LogP) is 3.02. The molecule has 0 aliphatic carbocycles. The van der Waals surface area contributed by atoms with E-state index in [2.05, 4.69) is 15.3 Å². The molecular formula is C19H25ClN4O2. The number of hydrogen-bond acceptors (Lipinski definition) is 4. The van der Waals surface area contributed by atoms with E-state index in [4.69, 9.17) is 16.3 Å². The summed E-state index contributed by atoms with van der Waals surface area (Å²) in [6.07, 6.45) is 3.97. The van der Waals surface area contributed by atoms with Crippen molar-refractivity contribution in [2.45, 2.75) is 32.4 Å². The van der Waals surface area contributed by atoms with Crippen LogP contribution in [0.15, 0.2) is 36.5 Å². The molecule has 2 aromatic rings. The van der Waals surface area contributed by atoms with Crippen LogP contribution in [-0.4, -0.2) is 52.9 Å². The van der Waals surface area contributed by atoms with Gasteiger partial charge < -0.3 is 10.1 Å². The molecule has 1 aliphatic rings. The van der Waals surface area contributed by atoms with Gasteiger partial charge in [-0.2, -0.15) is 5.10 Å². The number of nitrogens with one attached hydrogen (secondary N) is 1. The van der Waals surface area contributed by atoms with Gasteiger partial charge in [-0.1, -0.05) is 29.8 Å². The molecule has 0 atom stereocenters. The van der Waals surface area contributed by atoms with E-state index in [1.165, 1.54) is 0 Å². The minimum Gasteiger partial charge on any atom is -0.378 e. The Hall–Kier alpha value is -1.89. The number of aromatic nitrogens is 2. The molecule has 0 radical (unpaired) electrons. The summed E-state index contributed by atoms with van der Waals surface area (Å²) in [7, 11) is 0. The number of anilines is 1. The maximum Gasteiger partial charge on any atom is 0.239 e. The predicted molar refractivity (Wildman–Crippen MR) is 102 cm³/mol. The number of ether oxygens (including phenoxy) is 1. The van der Waals surface area contributed by atoms with E-state index in [1.54, 1.807) is 16.9 Å². The lowest BCUT2D eigenvalue weighted by Gasteiger charge is -2.31. The fourth-order valence-corrected chi connectivity index (χ4v) is 3.40. The zero-order chi connectivity index (χ0) is 18.4. The summed E-state index contributed by atoms with van der Waals surface area (Å²) in [5.41, 5.74) is 0.964. The molecule has 140 valence electrons. The zero-order valence-corrected chi connectivity index (χ0v) is 15.8. The molecule has 1 amide bonds. The minimum absolute atomic E-state index is 0.0271. The average Bonchev–Trinajstić information content (AvgIpc) is 3.05. The van der Waals surface area contributed by atoms with Crippen molar-refractivity contribution in [1.82, 2.24) is 14.7 Å². The number of benzene rings is 1. The van der Waals surface area contributed by atoms with Crippen molar-refractivity contribution in [3.8, 4) is 0 Å². The highest BCUT2D eigenvalue weighted by Gasteiger charge is 2.21. The van der Waals surface area contributed by atoms with Gasteiger partial charge in [-0.15, -0.1) is 0 Å². The monoisotopic (exact) mass is 376 g/mol. The molecule has 7 heteroatoms. The Labute approximate surface area is 159 Å². The molecule has 0 spiro atoms. The second kappa shape index (κ2) is 9.16. The summed E-state index contributed by atoms with van der Waals surface area (Å²) >= 11 is 6.22. The van der Waals surface area contributed by atoms with Crippen molar-refractivity contribution in [3.63, 3.8) is 0 Å². The molecule has 1 aliphatic heterocycles. The van der Waals surface area contributed by atoms with Gasteiger partial charge in [0.15, 0.2) is 0 Å². The van der Waals surface area contributed by atoms with E-state index in [9.17, 15) is 4.79 Å². The van der Waals surface area contributed by atoms with E-state index in [1.807, 2.05) is 31.2 Å². The standard InChI is InChI=1S/C19H25ClN4O2/c1-2-26-16-8-11-23(12-9-16)14-19(25)22-18-7-10-21-24(18)13-15-5-3-4-6-17(15)20/h3-7,10,16H,2,8-9,11-14H2,1H3,(H,22,25). The number of halogens is 1. The first kappa shape index (κ1) is 18.9. The van der Waals surface area contributed by atoms with Gasteiger partial charge >= 0.3 is 0 Å². The normalized spacial score (nSPS) is 15.9. The molecule has 2 heterocycles. The smallest absolute Gasteiger partial charge is 0.239 e. The molecule has 1 saturated heterocycles. The van der Waals surface area contributed by atoms with Crippen LogP contribution in [0.1, 0.15) is 25.3 Å². The van der Waals surface area contributed by atoms with E-state index < -0.39 is 0 Å². The number of hydrogen-bond donors (Lipinski definition) is 1. The highest BCUT2D eigenvalue weighted by Crippen LogP contribution is 2.18. The topological polar surface area (TPSA) is 59.4 Å². The Balaban J connectivity index is 1.53. The molecule has 0 bridgehead atoms. The van der Waals surface area contributed by atoms with E-state index in [0.29, 0.717) is 30.0 Å². The third-order valence-electron chi connectivity index (χ3n) is 4.57. The highest BCUT2D eigenvalue weighted by molar-refractivity contribution is 6.31. The summed E-state index contributed by atoms with van der Waals surface area (Å²) in [4.78, 5) is 14.6. The van der Waals surface area contributed by atoms with Crippen molar-refractivity contribution < 1.29 is 9.53 Å². The van der Waals surface area contributed by atoms with E-state index in [-0.39, 0.29) is 5.91 Å². The Kier molecular flexibility index (Phi) is 6.66. The summed E-state index contributed by atoms with van der Waals surface area (Å²) in [5.74, 6) is 0.653. The highest BCUT2D eigenvalue weighted by atomic mass is 35.5. The second-order valence-electron chi connectivity index (χ2n) is 6.44. The molecule has 1 aromatic carbocycles. The van der Waals surface area contributed by atoms with Crippen molar-refractivity contribution in [2.75, 3.05) is 31.6 Å². The van der Waals surface area contributed by atoms with Crippen LogP contribution in [0.25, 0.3) is 0 Å². The molecule has 6 nitrogen and oxygen atoms in total. The van der Waals surface area contributed by atoms with Crippen LogP contribution in [0.5, 0.6) is 0 Å². The van der Waals surface area contributed by atoms with Gasteiger partial charge in [0.1, 0.15) is 5.82 Å². The Morgan fingerprint density at radius 3 is 2.81 bits per heavy atom. The van der Waals surface area contributed by atoms with Crippen LogP contribution < -0.4 is 5.32 Å².